The highest BCUT2D eigenvalue weighted by Gasteiger charge is 2.29. The fourth-order valence-corrected chi connectivity index (χ4v) is 4.23. The maximum absolute atomic E-state index is 15.1. The minimum Gasteiger partial charge on any atom is -0.481 e. The summed E-state index contributed by atoms with van der Waals surface area (Å²) in [6.07, 6.45) is -0.938. The zero-order valence-corrected chi connectivity index (χ0v) is 19.9. The molecule has 0 N–H and O–H groups in total. The third-order valence-electron chi connectivity index (χ3n) is 6.05. The molecule has 4 rings (SSSR count). The number of aryl methyl sites for hydroxylation is 1. The Balaban J connectivity index is 1.64. The summed E-state index contributed by atoms with van der Waals surface area (Å²) in [6, 6.07) is 12.8. The lowest BCUT2D eigenvalue weighted by atomic mass is 9.95. The van der Waals surface area contributed by atoms with E-state index in [-0.39, 0.29) is 33.0 Å². The summed E-state index contributed by atoms with van der Waals surface area (Å²) in [7, 11) is 0. The van der Waals surface area contributed by atoms with Crippen LogP contribution in [0.1, 0.15) is 31.7 Å². The molecule has 4 aromatic rings. The van der Waals surface area contributed by atoms with E-state index in [4.69, 9.17) is 0 Å². The van der Waals surface area contributed by atoms with Crippen molar-refractivity contribution in [2.24, 2.45) is 0 Å². The van der Waals surface area contributed by atoms with Crippen LogP contribution < -0.4 is 4.74 Å². The van der Waals surface area contributed by atoms with E-state index in [0.29, 0.717) is 6.42 Å². The number of hydrogen-bond donors (Lipinski definition) is 0. The molecule has 0 saturated carbocycles. The minimum absolute atomic E-state index is 0.0367. The monoisotopic (exact) mass is 520 g/mol. The predicted molar refractivity (Wildman–Crippen MR) is 129 cm³/mol. The van der Waals surface area contributed by atoms with E-state index in [2.05, 4.69) is 11.7 Å². The van der Waals surface area contributed by atoms with Crippen LogP contribution in [0.5, 0.6) is 5.75 Å². The summed E-state index contributed by atoms with van der Waals surface area (Å²) in [6.45, 7) is 0.415. The first-order valence-electron chi connectivity index (χ1n) is 11.8. The van der Waals surface area contributed by atoms with Gasteiger partial charge in [-0.25, -0.2) is 17.6 Å². The van der Waals surface area contributed by atoms with Gasteiger partial charge >= 0.3 is 6.18 Å². The summed E-state index contributed by atoms with van der Waals surface area (Å²) < 4.78 is 101. The molecule has 0 amide bonds. The van der Waals surface area contributed by atoms with Gasteiger partial charge in [0.25, 0.3) is 0 Å². The molecule has 0 heterocycles. The number of unbranched alkanes of at least 4 members (excludes halogenated alkanes) is 2. The smallest absolute Gasteiger partial charge is 0.422 e. The molecular weight excluding hydrogens is 497 g/mol. The summed E-state index contributed by atoms with van der Waals surface area (Å²) in [5.41, 5.74) is 0.608. The molecule has 0 unspecified atom stereocenters. The zero-order chi connectivity index (χ0) is 26.7. The second-order valence-corrected chi connectivity index (χ2v) is 8.80. The van der Waals surface area contributed by atoms with Crippen molar-refractivity contribution in [2.75, 3.05) is 6.61 Å². The Hall–Kier alpha value is -3.55. The fraction of sp³-hybridized carbons (Fsp3) is 0.241. The van der Waals surface area contributed by atoms with Crippen LogP contribution in [0.3, 0.4) is 0 Å². The van der Waals surface area contributed by atoms with Crippen LogP contribution in [-0.4, -0.2) is 12.8 Å². The zero-order valence-electron chi connectivity index (χ0n) is 19.9. The first-order valence-corrected chi connectivity index (χ1v) is 11.8. The van der Waals surface area contributed by atoms with Gasteiger partial charge in [-0.1, -0.05) is 50.1 Å². The van der Waals surface area contributed by atoms with E-state index >= 15 is 8.78 Å². The van der Waals surface area contributed by atoms with Crippen molar-refractivity contribution < 1.29 is 35.5 Å². The largest absolute Gasteiger partial charge is 0.481 e. The predicted octanol–water partition coefficient (Wildman–Crippen LogP) is 9.40. The highest BCUT2D eigenvalue weighted by molar-refractivity contribution is 5.89. The third kappa shape index (κ3) is 6.06. The molecule has 4 aromatic carbocycles. The number of benzene rings is 4. The van der Waals surface area contributed by atoms with Crippen molar-refractivity contribution in [2.45, 2.75) is 38.8 Å². The Morgan fingerprint density at radius 1 is 0.730 bits per heavy atom. The number of halogens is 7. The van der Waals surface area contributed by atoms with Gasteiger partial charge in [0, 0.05) is 10.9 Å². The lowest BCUT2D eigenvalue weighted by Gasteiger charge is -2.13. The van der Waals surface area contributed by atoms with Crippen molar-refractivity contribution >= 4 is 10.8 Å². The van der Waals surface area contributed by atoms with Crippen LogP contribution in [0.4, 0.5) is 30.7 Å². The van der Waals surface area contributed by atoms with Crippen LogP contribution in [-0.2, 0) is 6.42 Å². The molecule has 0 spiro atoms. The molecule has 0 fully saturated rings. The second kappa shape index (κ2) is 10.8. The molecule has 37 heavy (non-hydrogen) atoms. The molecular formula is C29H23F7O. The van der Waals surface area contributed by atoms with Crippen LogP contribution in [0.25, 0.3) is 33.0 Å². The molecule has 0 atom stereocenters. The maximum atomic E-state index is 15.1. The van der Waals surface area contributed by atoms with E-state index in [1.54, 1.807) is 6.07 Å². The quantitative estimate of drug-likeness (QED) is 0.166. The Morgan fingerprint density at radius 2 is 1.46 bits per heavy atom. The first-order chi connectivity index (χ1) is 17.6. The molecule has 0 saturated heterocycles. The van der Waals surface area contributed by atoms with Gasteiger partial charge < -0.3 is 4.74 Å². The van der Waals surface area contributed by atoms with Crippen molar-refractivity contribution in [3.8, 4) is 28.0 Å². The summed E-state index contributed by atoms with van der Waals surface area (Å²) in [5.74, 6) is -4.06. The Labute approximate surface area is 209 Å². The Kier molecular flexibility index (Phi) is 7.76. The molecule has 0 aliphatic heterocycles. The molecule has 0 bridgehead atoms. The first kappa shape index (κ1) is 26.5. The average molecular weight is 520 g/mol. The van der Waals surface area contributed by atoms with Gasteiger partial charge in [0.2, 0.25) is 0 Å². The number of rotatable bonds is 8. The van der Waals surface area contributed by atoms with Gasteiger partial charge in [0.05, 0.1) is 5.56 Å². The minimum atomic E-state index is -4.63. The summed E-state index contributed by atoms with van der Waals surface area (Å²) >= 11 is 0. The maximum Gasteiger partial charge on any atom is 0.422 e. The van der Waals surface area contributed by atoms with Crippen LogP contribution in [0.2, 0.25) is 0 Å². The van der Waals surface area contributed by atoms with Gasteiger partial charge in [-0.2, -0.15) is 13.2 Å². The lowest BCUT2D eigenvalue weighted by molar-refractivity contribution is -0.153. The molecule has 0 aromatic heterocycles. The van der Waals surface area contributed by atoms with Gasteiger partial charge in [-0.15, -0.1) is 0 Å². The summed E-state index contributed by atoms with van der Waals surface area (Å²) in [5, 5.41) is 0.142. The number of ether oxygens (including phenoxy) is 1. The summed E-state index contributed by atoms with van der Waals surface area (Å²) in [4.78, 5) is 0. The topological polar surface area (TPSA) is 9.23 Å². The molecule has 8 heteroatoms. The van der Waals surface area contributed by atoms with E-state index in [1.807, 2.05) is 0 Å². The second-order valence-electron chi connectivity index (χ2n) is 8.80. The highest BCUT2D eigenvalue weighted by atomic mass is 19.4. The average Bonchev–Trinajstić information content (AvgIpc) is 2.83. The molecule has 0 radical (unpaired) electrons. The van der Waals surface area contributed by atoms with Crippen molar-refractivity contribution in [1.29, 1.82) is 0 Å². The van der Waals surface area contributed by atoms with E-state index in [0.717, 1.165) is 43.0 Å². The SMILES string of the molecule is CCCCCc1ccc(-c2cc(F)c(-c3ccc4c(F)c(OCC(F)(F)F)ccc4c3)c(F)c2)c(F)c1. The molecule has 194 valence electrons. The van der Waals surface area contributed by atoms with Crippen molar-refractivity contribution in [1.82, 2.24) is 0 Å². The van der Waals surface area contributed by atoms with Crippen LogP contribution >= 0.6 is 0 Å². The fourth-order valence-electron chi connectivity index (χ4n) is 4.23. The van der Waals surface area contributed by atoms with Crippen molar-refractivity contribution in [3.63, 3.8) is 0 Å². The van der Waals surface area contributed by atoms with E-state index in [1.165, 1.54) is 36.4 Å². The van der Waals surface area contributed by atoms with Gasteiger partial charge in [0.15, 0.2) is 18.2 Å². The van der Waals surface area contributed by atoms with E-state index in [9.17, 15) is 22.0 Å². The molecule has 0 aliphatic rings. The molecule has 1 nitrogen and oxygen atoms in total. The number of hydrogen-bond acceptors (Lipinski definition) is 1. The van der Waals surface area contributed by atoms with E-state index < -0.39 is 41.8 Å². The molecule has 0 aliphatic carbocycles. The highest BCUT2D eigenvalue weighted by Crippen LogP contribution is 2.35. The van der Waals surface area contributed by atoms with Crippen molar-refractivity contribution in [3.05, 3.63) is 89.5 Å². The van der Waals surface area contributed by atoms with Crippen LogP contribution in [0.15, 0.2) is 60.7 Å². The normalized spacial score (nSPS) is 11.8. The number of alkyl halides is 3. The van der Waals surface area contributed by atoms with Crippen LogP contribution in [0, 0.1) is 23.3 Å². The Bertz CT molecular complexity index is 1400. The van der Waals surface area contributed by atoms with Gasteiger partial charge in [-0.05, 0) is 65.3 Å². The Morgan fingerprint density at radius 3 is 2.11 bits per heavy atom. The lowest BCUT2D eigenvalue weighted by Crippen LogP contribution is -2.19. The standard InChI is InChI=1S/C29H23F7O/c1-2-3-4-5-17-6-9-21(23(30)12-17)20-14-24(31)27(25(32)15-20)19-7-10-22-18(13-19)8-11-26(28(22)33)37-16-29(34,35)36/h6-15H,2-5,16H2,1H3. The van der Waals surface area contributed by atoms with Gasteiger partial charge in [-0.3, -0.25) is 0 Å². The third-order valence-corrected chi connectivity index (χ3v) is 6.05. The number of fused-ring (bicyclic) bond motifs is 1. The van der Waals surface area contributed by atoms with Gasteiger partial charge in [0.1, 0.15) is 17.5 Å².